The second kappa shape index (κ2) is 8.19. The predicted molar refractivity (Wildman–Crippen MR) is 90.6 cm³/mol. The van der Waals surface area contributed by atoms with Crippen molar-refractivity contribution in [3.8, 4) is 17.2 Å². The molecule has 1 unspecified atom stereocenters. The van der Waals surface area contributed by atoms with Crippen LogP contribution in [0.25, 0.3) is 0 Å². The maximum atomic E-state index is 12.1. The number of nitrogens with zero attached hydrogens (tertiary/aromatic N) is 1. The highest BCUT2D eigenvalue weighted by atomic mass is 16.5. The number of methoxy groups -OCH3 is 2. The topological polar surface area (TPSA) is 69.7 Å². The van der Waals surface area contributed by atoms with E-state index in [0.29, 0.717) is 17.2 Å². The third-order valence-electron chi connectivity index (χ3n) is 3.54. The van der Waals surface area contributed by atoms with Gasteiger partial charge in [0, 0.05) is 11.3 Å². The second-order valence-electron chi connectivity index (χ2n) is 5.32. The van der Waals surface area contributed by atoms with Crippen LogP contribution in [0.1, 0.15) is 24.2 Å². The van der Waals surface area contributed by atoms with E-state index >= 15 is 0 Å². The lowest BCUT2D eigenvalue weighted by Gasteiger charge is -2.18. The minimum Gasteiger partial charge on any atom is -0.497 e. The zero-order valence-corrected chi connectivity index (χ0v) is 14.3. The number of pyridine rings is 1. The number of aryl methyl sites for hydroxylation is 1. The molecule has 2 rings (SSSR count). The molecule has 0 spiro atoms. The number of benzene rings is 1. The van der Waals surface area contributed by atoms with Crippen LogP contribution in [0, 0.1) is 6.92 Å². The van der Waals surface area contributed by atoms with E-state index < -0.39 is 0 Å². The van der Waals surface area contributed by atoms with Gasteiger partial charge in [0.05, 0.1) is 26.5 Å². The normalized spacial score (nSPS) is 11.5. The lowest BCUT2D eigenvalue weighted by Crippen LogP contribution is -2.31. The first-order valence-corrected chi connectivity index (χ1v) is 7.60. The lowest BCUT2D eigenvalue weighted by atomic mass is 10.1. The smallest absolute Gasteiger partial charge is 0.258 e. The van der Waals surface area contributed by atoms with Crippen LogP contribution in [-0.4, -0.2) is 31.7 Å². The summed E-state index contributed by atoms with van der Waals surface area (Å²) in [4.78, 5) is 16.2. The van der Waals surface area contributed by atoms with Crippen molar-refractivity contribution in [1.29, 1.82) is 0 Å². The molecule has 1 N–H and O–H groups in total. The molecular formula is C18H22N2O4. The number of amides is 1. The Hall–Kier alpha value is -2.76. The van der Waals surface area contributed by atoms with Gasteiger partial charge in [-0.1, -0.05) is 0 Å². The Morgan fingerprint density at radius 1 is 1.17 bits per heavy atom. The van der Waals surface area contributed by atoms with Crippen LogP contribution < -0.4 is 19.5 Å². The maximum Gasteiger partial charge on any atom is 0.258 e. The fraction of sp³-hybridized carbons (Fsp3) is 0.333. The van der Waals surface area contributed by atoms with Gasteiger partial charge in [-0.25, -0.2) is 0 Å². The van der Waals surface area contributed by atoms with Crippen LogP contribution in [0.4, 0.5) is 0 Å². The van der Waals surface area contributed by atoms with E-state index in [0.717, 1.165) is 11.3 Å². The summed E-state index contributed by atoms with van der Waals surface area (Å²) < 4.78 is 16.0. The third-order valence-corrected chi connectivity index (χ3v) is 3.54. The van der Waals surface area contributed by atoms with Crippen molar-refractivity contribution in [2.45, 2.75) is 19.9 Å². The van der Waals surface area contributed by atoms with Crippen LogP contribution in [0.15, 0.2) is 36.5 Å². The lowest BCUT2D eigenvalue weighted by molar-refractivity contribution is -0.123. The molecule has 0 fully saturated rings. The van der Waals surface area contributed by atoms with E-state index in [1.165, 1.54) is 0 Å². The summed E-state index contributed by atoms with van der Waals surface area (Å²) in [7, 11) is 3.19. The minimum atomic E-state index is -0.248. The number of ether oxygens (including phenoxy) is 3. The van der Waals surface area contributed by atoms with Crippen LogP contribution in [0.2, 0.25) is 0 Å². The van der Waals surface area contributed by atoms with Crippen LogP contribution in [-0.2, 0) is 4.79 Å². The maximum absolute atomic E-state index is 12.1. The van der Waals surface area contributed by atoms with Crippen LogP contribution in [0.5, 0.6) is 17.2 Å². The van der Waals surface area contributed by atoms with Crippen LogP contribution in [0.3, 0.4) is 0 Å². The standard InChI is InChI=1S/C18H22N2O4/c1-12-5-6-15(10-19-12)24-11-18(21)20-13(2)16-9-14(22-3)7-8-17(16)23-4/h5-10,13H,11H2,1-4H3,(H,20,21). The first-order chi connectivity index (χ1) is 11.5. The van der Waals surface area contributed by atoms with Crippen LogP contribution >= 0.6 is 0 Å². The highest BCUT2D eigenvalue weighted by molar-refractivity contribution is 5.78. The molecule has 24 heavy (non-hydrogen) atoms. The van der Waals surface area contributed by atoms with Gasteiger partial charge in [0.2, 0.25) is 0 Å². The van der Waals surface area contributed by atoms with Crippen molar-refractivity contribution in [3.05, 3.63) is 47.8 Å². The summed E-state index contributed by atoms with van der Waals surface area (Å²) in [6.07, 6.45) is 1.59. The van der Waals surface area contributed by atoms with Gasteiger partial charge in [-0.2, -0.15) is 0 Å². The van der Waals surface area contributed by atoms with Crippen molar-refractivity contribution < 1.29 is 19.0 Å². The molecule has 0 bridgehead atoms. The number of carbonyl (C=O) groups excluding carboxylic acids is 1. The molecule has 2 aromatic rings. The van der Waals surface area contributed by atoms with E-state index in [2.05, 4.69) is 10.3 Å². The molecular weight excluding hydrogens is 308 g/mol. The number of carbonyl (C=O) groups is 1. The molecule has 1 heterocycles. The first kappa shape index (κ1) is 17.6. The molecule has 6 nitrogen and oxygen atoms in total. The van der Waals surface area contributed by atoms with Crippen molar-refractivity contribution in [2.75, 3.05) is 20.8 Å². The van der Waals surface area contributed by atoms with Gasteiger partial charge in [0.1, 0.15) is 17.2 Å². The Bertz CT molecular complexity index is 686. The van der Waals surface area contributed by atoms with Crippen molar-refractivity contribution in [2.24, 2.45) is 0 Å². The molecule has 0 aliphatic carbocycles. The average Bonchev–Trinajstić information content (AvgIpc) is 2.60. The fourth-order valence-electron chi connectivity index (χ4n) is 2.23. The second-order valence-corrected chi connectivity index (χ2v) is 5.32. The van der Waals surface area contributed by atoms with Gasteiger partial charge < -0.3 is 19.5 Å². The quantitative estimate of drug-likeness (QED) is 0.845. The molecule has 0 radical (unpaired) electrons. The Balaban J connectivity index is 1.97. The molecule has 0 aliphatic heterocycles. The number of rotatable bonds is 7. The molecule has 128 valence electrons. The number of aromatic nitrogens is 1. The van der Waals surface area contributed by atoms with Crippen molar-refractivity contribution in [3.63, 3.8) is 0 Å². The first-order valence-electron chi connectivity index (χ1n) is 7.60. The van der Waals surface area contributed by atoms with Gasteiger partial charge in [-0.3, -0.25) is 9.78 Å². The van der Waals surface area contributed by atoms with Gasteiger partial charge in [0.15, 0.2) is 6.61 Å². The SMILES string of the molecule is COc1ccc(OC)c(C(C)NC(=O)COc2ccc(C)nc2)c1. The molecule has 0 aliphatic rings. The minimum absolute atomic E-state index is 0.0820. The third kappa shape index (κ3) is 4.62. The summed E-state index contributed by atoms with van der Waals surface area (Å²) in [5, 5.41) is 2.88. The van der Waals surface area contributed by atoms with E-state index in [1.807, 2.05) is 38.1 Å². The molecule has 0 saturated heterocycles. The zero-order chi connectivity index (χ0) is 17.5. The van der Waals surface area contributed by atoms with Gasteiger partial charge in [0.25, 0.3) is 5.91 Å². The van der Waals surface area contributed by atoms with Crippen molar-refractivity contribution >= 4 is 5.91 Å². The Kier molecular flexibility index (Phi) is 6.01. The highest BCUT2D eigenvalue weighted by Crippen LogP contribution is 2.29. The van der Waals surface area contributed by atoms with E-state index in [1.54, 1.807) is 26.5 Å². The monoisotopic (exact) mass is 330 g/mol. The van der Waals surface area contributed by atoms with E-state index in [4.69, 9.17) is 14.2 Å². The summed E-state index contributed by atoms with van der Waals surface area (Å²) >= 11 is 0. The zero-order valence-electron chi connectivity index (χ0n) is 14.3. The highest BCUT2D eigenvalue weighted by Gasteiger charge is 2.15. The van der Waals surface area contributed by atoms with Crippen molar-refractivity contribution in [1.82, 2.24) is 10.3 Å². The summed E-state index contributed by atoms with van der Waals surface area (Å²) in [5.74, 6) is 1.72. The molecule has 0 saturated carbocycles. The van der Waals surface area contributed by atoms with E-state index in [9.17, 15) is 4.79 Å². The van der Waals surface area contributed by atoms with E-state index in [-0.39, 0.29) is 18.6 Å². The van der Waals surface area contributed by atoms with Gasteiger partial charge >= 0.3 is 0 Å². The molecule has 6 heteroatoms. The Morgan fingerprint density at radius 3 is 2.54 bits per heavy atom. The summed E-state index contributed by atoms with van der Waals surface area (Å²) in [5.41, 5.74) is 1.73. The Morgan fingerprint density at radius 2 is 1.92 bits per heavy atom. The molecule has 1 aromatic heterocycles. The average molecular weight is 330 g/mol. The summed E-state index contributed by atoms with van der Waals surface area (Å²) in [6, 6.07) is 8.83. The number of nitrogens with one attached hydrogen (secondary N) is 1. The Labute approximate surface area is 141 Å². The molecule has 1 aromatic carbocycles. The number of hydrogen-bond donors (Lipinski definition) is 1. The molecule has 1 amide bonds. The molecule has 1 atom stereocenters. The summed E-state index contributed by atoms with van der Waals surface area (Å²) in [6.45, 7) is 3.68. The fourth-order valence-corrected chi connectivity index (χ4v) is 2.23. The number of hydrogen-bond acceptors (Lipinski definition) is 5. The van der Waals surface area contributed by atoms with Gasteiger partial charge in [-0.05, 0) is 44.2 Å². The van der Waals surface area contributed by atoms with Gasteiger partial charge in [-0.15, -0.1) is 0 Å². The largest absolute Gasteiger partial charge is 0.497 e. The predicted octanol–water partition coefficient (Wildman–Crippen LogP) is 2.66.